The van der Waals surface area contributed by atoms with Crippen LogP contribution in [0.4, 0.5) is 0 Å². The largest absolute Gasteiger partial charge is 0.456 e. The SMILES string of the molecule is c1ccc(-c2nc(-n3c4cccc5c4c4c6c(cccc6ccc43)O5)nc3c2ccc2ccccc23)cc1. The number of rotatable bonds is 2. The summed E-state index contributed by atoms with van der Waals surface area (Å²) in [6.45, 7) is 0. The van der Waals surface area contributed by atoms with Gasteiger partial charge in [-0.2, -0.15) is 0 Å². The van der Waals surface area contributed by atoms with E-state index in [1.165, 1.54) is 10.8 Å². The molecular weight excluding hydrogens is 466 g/mol. The lowest BCUT2D eigenvalue weighted by atomic mass is 10.0. The maximum atomic E-state index is 6.40. The summed E-state index contributed by atoms with van der Waals surface area (Å²) in [4.78, 5) is 10.5. The number of nitrogens with zero attached hydrogens (tertiary/aromatic N) is 3. The van der Waals surface area contributed by atoms with Crippen molar-refractivity contribution in [3.05, 3.63) is 115 Å². The van der Waals surface area contributed by atoms with Crippen LogP contribution in [0, 0.1) is 0 Å². The van der Waals surface area contributed by atoms with Crippen molar-refractivity contribution in [1.29, 1.82) is 0 Å². The maximum Gasteiger partial charge on any atom is 0.235 e. The van der Waals surface area contributed by atoms with E-state index in [9.17, 15) is 0 Å². The lowest BCUT2D eigenvalue weighted by Crippen LogP contribution is -2.03. The van der Waals surface area contributed by atoms with Crippen LogP contribution < -0.4 is 4.74 Å². The smallest absolute Gasteiger partial charge is 0.235 e. The molecule has 1 aliphatic rings. The summed E-state index contributed by atoms with van der Waals surface area (Å²) in [7, 11) is 0. The van der Waals surface area contributed by atoms with Crippen molar-refractivity contribution in [2.45, 2.75) is 0 Å². The molecule has 0 spiro atoms. The number of ether oxygens (including phenoxy) is 1. The second-order valence-electron chi connectivity index (χ2n) is 9.82. The fraction of sp³-hybridized carbons (Fsp3) is 0. The Bertz CT molecular complexity index is 2260. The van der Waals surface area contributed by atoms with E-state index in [-0.39, 0.29) is 0 Å². The van der Waals surface area contributed by atoms with Gasteiger partial charge in [0.25, 0.3) is 0 Å². The van der Waals surface area contributed by atoms with Crippen LogP contribution in [0.25, 0.3) is 71.5 Å². The van der Waals surface area contributed by atoms with Gasteiger partial charge in [0.15, 0.2) is 0 Å². The van der Waals surface area contributed by atoms with Gasteiger partial charge in [-0.25, -0.2) is 9.97 Å². The molecule has 0 atom stereocenters. The van der Waals surface area contributed by atoms with E-state index in [4.69, 9.17) is 14.7 Å². The Balaban J connectivity index is 1.49. The number of hydrogen-bond acceptors (Lipinski definition) is 3. The Morgan fingerprint density at radius 3 is 2.16 bits per heavy atom. The average Bonchev–Trinajstić information content (AvgIpc) is 3.33. The predicted octanol–water partition coefficient (Wildman–Crippen LogP) is 8.81. The van der Waals surface area contributed by atoms with Gasteiger partial charge in [-0.1, -0.05) is 84.9 Å². The minimum atomic E-state index is 0.656. The molecule has 0 saturated carbocycles. The molecule has 4 heteroatoms. The summed E-state index contributed by atoms with van der Waals surface area (Å²) < 4.78 is 8.60. The standard InChI is InChI=1S/C34H19N3O/c1-2-9-22(10-3-1)32-24-18-16-20-8-4-5-12-23(20)33(24)36-34(35-32)37-25-13-7-15-28-30(25)31-26(37)19-17-21-11-6-14-27(38-28)29(21)31/h1-19H. The fourth-order valence-corrected chi connectivity index (χ4v) is 6.13. The van der Waals surface area contributed by atoms with E-state index >= 15 is 0 Å². The number of fused-ring (bicyclic) bond motifs is 3. The third kappa shape index (κ3) is 2.53. The molecule has 176 valence electrons. The molecule has 0 unspecified atom stereocenters. The van der Waals surface area contributed by atoms with Crippen molar-refractivity contribution in [3.63, 3.8) is 0 Å². The molecule has 0 amide bonds. The normalized spacial score (nSPS) is 12.4. The summed E-state index contributed by atoms with van der Waals surface area (Å²) in [5.41, 5.74) is 5.06. The Kier molecular flexibility index (Phi) is 3.76. The third-order valence-electron chi connectivity index (χ3n) is 7.77. The first kappa shape index (κ1) is 19.9. The first-order valence-corrected chi connectivity index (χ1v) is 12.8. The second kappa shape index (κ2) is 7.17. The van der Waals surface area contributed by atoms with Crippen molar-refractivity contribution < 1.29 is 4.74 Å². The molecule has 4 nitrogen and oxygen atoms in total. The lowest BCUT2D eigenvalue weighted by Gasteiger charge is -2.15. The summed E-state index contributed by atoms with van der Waals surface area (Å²) in [5, 5.41) is 7.93. The van der Waals surface area contributed by atoms with Crippen LogP contribution in [0.5, 0.6) is 11.5 Å². The van der Waals surface area contributed by atoms with Crippen LogP contribution in [-0.4, -0.2) is 14.5 Å². The molecule has 1 aliphatic heterocycles. The molecule has 2 aromatic heterocycles. The van der Waals surface area contributed by atoms with Gasteiger partial charge in [-0.15, -0.1) is 0 Å². The van der Waals surface area contributed by atoms with Crippen molar-refractivity contribution in [2.24, 2.45) is 0 Å². The molecule has 0 N–H and O–H groups in total. The van der Waals surface area contributed by atoms with E-state index < -0.39 is 0 Å². The third-order valence-corrected chi connectivity index (χ3v) is 7.77. The highest BCUT2D eigenvalue weighted by atomic mass is 16.5. The number of benzene rings is 6. The van der Waals surface area contributed by atoms with Crippen molar-refractivity contribution in [1.82, 2.24) is 14.5 Å². The monoisotopic (exact) mass is 485 g/mol. The zero-order chi connectivity index (χ0) is 24.8. The molecule has 0 fully saturated rings. The Morgan fingerprint density at radius 1 is 0.500 bits per heavy atom. The number of hydrogen-bond donors (Lipinski definition) is 0. The Morgan fingerprint density at radius 2 is 1.24 bits per heavy atom. The van der Waals surface area contributed by atoms with Gasteiger partial charge in [-0.3, -0.25) is 4.57 Å². The van der Waals surface area contributed by atoms with Gasteiger partial charge in [0.05, 0.1) is 27.6 Å². The Hall–Kier alpha value is -5.22. The minimum absolute atomic E-state index is 0.656. The van der Waals surface area contributed by atoms with E-state index in [2.05, 4.69) is 95.6 Å². The quantitative estimate of drug-likeness (QED) is 0.230. The van der Waals surface area contributed by atoms with Crippen LogP contribution in [0.1, 0.15) is 0 Å². The van der Waals surface area contributed by atoms with Gasteiger partial charge < -0.3 is 4.74 Å². The van der Waals surface area contributed by atoms with Crippen LogP contribution in [0.15, 0.2) is 115 Å². The van der Waals surface area contributed by atoms with E-state index in [1.807, 2.05) is 24.3 Å². The van der Waals surface area contributed by atoms with Gasteiger partial charge in [0.1, 0.15) is 11.5 Å². The molecule has 8 aromatic rings. The maximum absolute atomic E-state index is 6.40. The zero-order valence-electron chi connectivity index (χ0n) is 20.2. The number of aromatic nitrogens is 3. The van der Waals surface area contributed by atoms with Crippen molar-refractivity contribution >= 4 is 54.3 Å². The van der Waals surface area contributed by atoms with Gasteiger partial charge in [0, 0.05) is 27.1 Å². The molecule has 9 rings (SSSR count). The average molecular weight is 486 g/mol. The van der Waals surface area contributed by atoms with Gasteiger partial charge >= 0.3 is 0 Å². The zero-order valence-corrected chi connectivity index (χ0v) is 20.2. The van der Waals surface area contributed by atoms with E-state index in [0.717, 1.165) is 66.2 Å². The summed E-state index contributed by atoms with van der Waals surface area (Å²) in [5.74, 6) is 2.41. The molecule has 0 bridgehead atoms. The summed E-state index contributed by atoms with van der Waals surface area (Å²) in [6, 6.07) is 40.0. The minimum Gasteiger partial charge on any atom is -0.456 e. The van der Waals surface area contributed by atoms with Gasteiger partial charge in [0.2, 0.25) is 5.95 Å². The van der Waals surface area contributed by atoms with Crippen LogP contribution in [-0.2, 0) is 0 Å². The highest BCUT2D eigenvalue weighted by Crippen LogP contribution is 2.48. The van der Waals surface area contributed by atoms with E-state index in [0.29, 0.717) is 5.95 Å². The van der Waals surface area contributed by atoms with Gasteiger partial charge in [-0.05, 0) is 41.1 Å². The molecule has 0 radical (unpaired) electrons. The molecule has 0 aliphatic carbocycles. The first-order valence-electron chi connectivity index (χ1n) is 12.8. The summed E-state index contributed by atoms with van der Waals surface area (Å²) in [6.07, 6.45) is 0. The first-order chi connectivity index (χ1) is 18.8. The van der Waals surface area contributed by atoms with Crippen molar-refractivity contribution in [3.8, 4) is 28.7 Å². The molecule has 38 heavy (non-hydrogen) atoms. The summed E-state index contributed by atoms with van der Waals surface area (Å²) >= 11 is 0. The fourth-order valence-electron chi connectivity index (χ4n) is 6.13. The second-order valence-corrected chi connectivity index (χ2v) is 9.82. The highest BCUT2D eigenvalue weighted by molar-refractivity contribution is 6.26. The molecular formula is C34H19N3O. The topological polar surface area (TPSA) is 39.9 Å². The van der Waals surface area contributed by atoms with Crippen LogP contribution >= 0.6 is 0 Å². The van der Waals surface area contributed by atoms with Crippen LogP contribution in [0.3, 0.4) is 0 Å². The van der Waals surface area contributed by atoms with Crippen molar-refractivity contribution in [2.75, 3.05) is 0 Å². The lowest BCUT2D eigenvalue weighted by molar-refractivity contribution is 0.493. The van der Waals surface area contributed by atoms with Crippen LogP contribution in [0.2, 0.25) is 0 Å². The Labute approximate surface area is 217 Å². The molecule has 3 heterocycles. The molecule has 0 saturated heterocycles. The van der Waals surface area contributed by atoms with E-state index in [1.54, 1.807) is 0 Å². The molecule has 6 aromatic carbocycles. The highest BCUT2D eigenvalue weighted by Gasteiger charge is 2.25. The predicted molar refractivity (Wildman–Crippen MR) is 154 cm³/mol.